The van der Waals surface area contributed by atoms with Crippen LogP contribution in [-0.4, -0.2) is 35.0 Å². The molecule has 1 aromatic heterocycles. The number of para-hydroxylation sites is 1. The Kier molecular flexibility index (Phi) is 5.57. The van der Waals surface area contributed by atoms with Gasteiger partial charge in [0.15, 0.2) is 0 Å². The van der Waals surface area contributed by atoms with Gasteiger partial charge in [-0.2, -0.15) is 0 Å². The molecule has 4 rings (SSSR count). The van der Waals surface area contributed by atoms with Crippen molar-refractivity contribution >= 4 is 28.5 Å². The summed E-state index contributed by atoms with van der Waals surface area (Å²) in [4.78, 5) is 30.5. The lowest BCUT2D eigenvalue weighted by molar-refractivity contribution is -0.136. The van der Waals surface area contributed by atoms with E-state index in [4.69, 9.17) is 4.74 Å². The van der Waals surface area contributed by atoms with Gasteiger partial charge in [0.1, 0.15) is 0 Å². The highest BCUT2D eigenvalue weighted by Gasteiger charge is 2.27. The van der Waals surface area contributed by atoms with Crippen molar-refractivity contribution in [1.82, 2.24) is 15.2 Å². The van der Waals surface area contributed by atoms with Crippen LogP contribution in [0.25, 0.3) is 16.5 Å². The molecule has 30 heavy (non-hydrogen) atoms. The third kappa shape index (κ3) is 3.94. The van der Waals surface area contributed by atoms with Gasteiger partial charge in [-0.25, -0.2) is 9.59 Å². The van der Waals surface area contributed by atoms with Crippen LogP contribution < -0.4 is 5.32 Å². The molecule has 0 fully saturated rings. The Morgan fingerprint density at radius 3 is 2.67 bits per heavy atom. The smallest absolute Gasteiger partial charge is 0.341 e. The van der Waals surface area contributed by atoms with Crippen LogP contribution in [-0.2, 0) is 22.5 Å². The fourth-order valence-electron chi connectivity index (χ4n) is 3.72. The number of H-pyrrole nitrogens is 1. The summed E-state index contributed by atoms with van der Waals surface area (Å²) in [6, 6.07) is 15.7. The van der Waals surface area contributed by atoms with Crippen LogP contribution >= 0.6 is 0 Å². The Morgan fingerprint density at radius 2 is 1.90 bits per heavy atom. The van der Waals surface area contributed by atoms with Gasteiger partial charge in [-0.15, -0.1) is 0 Å². The standard InChI is InChI=1S/C24H25N3O3/c1-3-30-23(28)20-15-27(24(29)25-14-17-10-8-16(2)9-11-17)13-12-19-18-6-4-5-7-21(18)26-22(19)20/h4-11,15,26H,3,12-14H2,1-2H3,(H,25,29). The summed E-state index contributed by atoms with van der Waals surface area (Å²) in [5.41, 5.74) is 5.28. The second-order valence-corrected chi connectivity index (χ2v) is 7.38. The van der Waals surface area contributed by atoms with Crippen molar-refractivity contribution in [3.63, 3.8) is 0 Å². The molecular formula is C24H25N3O3. The zero-order valence-electron chi connectivity index (χ0n) is 17.2. The summed E-state index contributed by atoms with van der Waals surface area (Å²) >= 11 is 0. The SMILES string of the molecule is CCOC(=O)C1=CN(C(=O)NCc2ccc(C)cc2)CCc2c1[nH]c1ccccc21. The van der Waals surface area contributed by atoms with Crippen molar-refractivity contribution in [3.05, 3.63) is 77.1 Å². The lowest BCUT2D eigenvalue weighted by Crippen LogP contribution is -2.37. The van der Waals surface area contributed by atoms with E-state index in [1.807, 2.05) is 55.5 Å². The maximum atomic E-state index is 12.9. The Hall–Kier alpha value is -3.54. The number of nitrogens with one attached hydrogen (secondary N) is 2. The third-order valence-corrected chi connectivity index (χ3v) is 5.29. The first kappa shape index (κ1) is 19.8. The molecule has 2 amide bonds. The van der Waals surface area contributed by atoms with E-state index >= 15 is 0 Å². The van der Waals surface area contributed by atoms with Gasteiger partial charge >= 0.3 is 12.0 Å². The van der Waals surface area contributed by atoms with Gasteiger partial charge in [-0.05, 0) is 37.5 Å². The van der Waals surface area contributed by atoms with Crippen molar-refractivity contribution in [2.75, 3.05) is 13.2 Å². The minimum absolute atomic E-state index is 0.244. The number of benzene rings is 2. The molecule has 2 aromatic carbocycles. The lowest BCUT2D eigenvalue weighted by atomic mass is 10.0. The molecule has 0 spiro atoms. The van der Waals surface area contributed by atoms with Crippen LogP contribution in [0.2, 0.25) is 0 Å². The number of nitrogens with zero attached hydrogens (tertiary/aromatic N) is 1. The van der Waals surface area contributed by atoms with Crippen LogP contribution in [0.4, 0.5) is 4.79 Å². The molecule has 0 atom stereocenters. The predicted molar refractivity (Wildman–Crippen MR) is 117 cm³/mol. The number of aromatic amines is 1. The van der Waals surface area contributed by atoms with Crippen LogP contribution in [0, 0.1) is 6.92 Å². The van der Waals surface area contributed by atoms with Gasteiger partial charge in [-0.1, -0.05) is 48.0 Å². The number of carbonyl (C=O) groups excluding carboxylic acids is 2. The number of fused-ring (bicyclic) bond motifs is 3. The van der Waals surface area contributed by atoms with E-state index in [9.17, 15) is 9.59 Å². The largest absolute Gasteiger partial charge is 0.462 e. The number of aromatic nitrogens is 1. The van der Waals surface area contributed by atoms with E-state index in [0.29, 0.717) is 25.1 Å². The lowest BCUT2D eigenvalue weighted by Gasteiger charge is -2.18. The number of hydrogen-bond donors (Lipinski definition) is 2. The molecule has 3 aromatic rings. The number of urea groups is 1. The quantitative estimate of drug-likeness (QED) is 0.643. The molecule has 2 N–H and O–H groups in total. The molecule has 154 valence electrons. The number of rotatable bonds is 4. The fourth-order valence-corrected chi connectivity index (χ4v) is 3.72. The highest BCUT2D eigenvalue weighted by atomic mass is 16.5. The van der Waals surface area contributed by atoms with E-state index in [2.05, 4.69) is 10.3 Å². The highest BCUT2D eigenvalue weighted by Crippen LogP contribution is 2.31. The molecule has 0 bridgehead atoms. The van der Waals surface area contributed by atoms with Crippen molar-refractivity contribution < 1.29 is 14.3 Å². The number of ether oxygens (including phenoxy) is 1. The molecular weight excluding hydrogens is 378 g/mol. The molecule has 0 aliphatic carbocycles. The topological polar surface area (TPSA) is 74.4 Å². The highest BCUT2D eigenvalue weighted by molar-refractivity contribution is 6.18. The Bertz CT molecular complexity index is 1110. The summed E-state index contributed by atoms with van der Waals surface area (Å²) in [5, 5.41) is 4.00. The Morgan fingerprint density at radius 1 is 1.13 bits per heavy atom. The van der Waals surface area contributed by atoms with Crippen LogP contribution in [0.15, 0.2) is 54.7 Å². The first-order valence-electron chi connectivity index (χ1n) is 10.2. The molecule has 0 saturated heterocycles. The molecule has 0 radical (unpaired) electrons. The minimum Gasteiger partial charge on any atom is -0.462 e. The number of esters is 1. The summed E-state index contributed by atoms with van der Waals surface area (Å²) < 4.78 is 5.27. The first-order valence-corrected chi connectivity index (χ1v) is 10.2. The van der Waals surface area contributed by atoms with E-state index in [1.54, 1.807) is 18.0 Å². The number of aryl methyl sites for hydroxylation is 1. The maximum Gasteiger partial charge on any atom is 0.341 e. The maximum absolute atomic E-state index is 12.9. The van der Waals surface area contributed by atoms with E-state index in [0.717, 1.165) is 27.7 Å². The van der Waals surface area contributed by atoms with Gasteiger partial charge in [-0.3, -0.25) is 4.90 Å². The van der Waals surface area contributed by atoms with E-state index in [1.165, 1.54) is 5.56 Å². The summed E-state index contributed by atoms with van der Waals surface area (Å²) in [6.45, 7) is 4.96. The van der Waals surface area contributed by atoms with Crippen molar-refractivity contribution in [3.8, 4) is 0 Å². The Labute approximate surface area is 175 Å². The second-order valence-electron chi connectivity index (χ2n) is 7.38. The summed E-state index contributed by atoms with van der Waals surface area (Å²) in [5.74, 6) is -0.441. The van der Waals surface area contributed by atoms with Gasteiger partial charge in [0, 0.05) is 30.2 Å². The summed E-state index contributed by atoms with van der Waals surface area (Å²) in [6.07, 6.45) is 2.24. The summed E-state index contributed by atoms with van der Waals surface area (Å²) in [7, 11) is 0. The predicted octanol–water partition coefficient (Wildman–Crippen LogP) is 4.15. The molecule has 2 heterocycles. The van der Waals surface area contributed by atoms with Crippen molar-refractivity contribution in [2.24, 2.45) is 0 Å². The zero-order valence-corrected chi connectivity index (χ0v) is 17.2. The fraction of sp³-hybridized carbons (Fsp3) is 0.250. The Balaban J connectivity index is 1.61. The number of carbonyl (C=O) groups is 2. The van der Waals surface area contributed by atoms with Crippen LogP contribution in [0.3, 0.4) is 0 Å². The van der Waals surface area contributed by atoms with Crippen LogP contribution in [0.1, 0.15) is 29.3 Å². The van der Waals surface area contributed by atoms with E-state index in [-0.39, 0.29) is 12.6 Å². The molecule has 6 nitrogen and oxygen atoms in total. The van der Waals surface area contributed by atoms with Crippen LogP contribution in [0.5, 0.6) is 0 Å². The number of hydrogen-bond acceptors (Lipinski definition) is 3. The monoisotopic (exact) mass is 403 g/mol. The average Bonchev–Trinajstić information content (AvgIpc) is 3.00. The first-order chi connectivity index (χ1) is 14.6. The van der Waals surface area contributed by atoms with Crippen molar-refractivity contribution in [2.45, 2.75) is 26.8 Å². The van der Waals surface area contributed by atoms with E-state index < -0.39 is 5.97 Å². The molecule has 1 aliphatic heterocycles. The molecule has 1 aliphatic rings. The van der Waals surface area contributed by atoms with Gasteiger partial charge < -0.3 is 15.0 Å². The van der Waals surface area contributed by atoms with Crippen molar-refractivity contribution in [1.29, 1.82) is 0 Å². The average molecular weight is 403 g/mol. The van der Waals surface area contributed by atoms with Gasteiger partial charge in [0.25, 0.3) is 0 Å². The second kappa shape index (κ2) is 8.45. The van der Waals surface area contributed by atoms with Gasteiger partial charge in [0.05, 0.1) is 17.9 Å². The molecule has 0 unspecified atom stereocenters. The number of amides is 2. The van der Waals surface area contributed by atoms with Gasteiger partial charge in [0.2, 0.25) is 0 Å². The normalized spacial score (nSPS) is 13.4. The molecule has 0 saturated carbocycles. The zero-order chi connectivity index (χ0) is 21.1. The third-order valence-electron chi connectivity index (χ3n) is 5.29. The minimum atomic E-state index is -0.441. The molecule has 6 heteroatoms.